The first-order valence-electron chi connectivity index (χ1n) is 8.63. The number of rotatable bonds is 6. The lowest BCUT2D eigenvalue weighted by molar-refractivity contribution is 0.0439. The third kappa shape index (κ3) is 4.24. The molecule has 0 unspecified atom stereocenters. The van der Waals surface area contributed by atoms with E-state index >= 15 is 0 Å². The average molecular weight is 372 g/mol. The number of carbonyl (C=O) groups excluding carboxylic acids is 1. The zero-order chi connectivity index (χ0) is 19.2. The Hall–Kier alpha value is -3.93. The molecule has 0 aliphatic heterocycles. The Kier molecular flexibility index (Phi) is 5.11. The van der Waals surface area contributed by atoms with Gasteiger partial charge in [-0.1, -0.05) is 30.3 Å². The minimum Gasteiger partial charge on any atom is -0.456 e. The summed E-state index contributed by atoms with van der Waals surface area (Å²) >= 11 is 0. The molecule has 0 radical (unpaired) electrons. The largest absolute Gasteiger partial charge is 0.456 e. The lowest BCUT2D eigenvalue weighted by atomic mass is 10.2. The summed E-state index contributed by atoms with van der Waals surface area (Å²) in [6.07, 6.45) is 4.90. The van der Waals surface area contributed by atoms with Crippen LogP contribution in [0.25, 0.3) is 11.3 Å². The number of hydrogen-bond donors (Lipinski definition) is 0. The highest BCUT2D eigenvalue weighted by Crippen LogP contribution is 2.22. The van der Waals surface area contributed by atoms with E-state index in [1.54, 1.807) is 55.0 Å². The van der Waals surface area contributed by atoms with Crippen LogP contribution in [0.5, 0.6) is 11.5 Å². The maximum atomic E-state index is 12.2. The molecule has 2 aromatic carbocycles. The number of carbonyl (C=O) groups is 1. The molecule has 2 aromatic heterocycles. The lowest BCUT2D eigenvalue weighted by Gasteiger charge is -2.06. The molecule has 0 aliphatic rings. The molecule has 0 fully saturated rings. The van der Waals surface area contributed by atoms with E-state index in [0.29, 0.717) is 28.7 Å². The second-order valence-corrected chi connectivity index (χ2v) is 5.88. The van der Waals surface area contributed by atoms with Crippen molar-refractivity contribution in [3.05, 3.63) is 96.8 Å². The summed E-state index contributed by atoms with van der Waals surface area (Å²) in [4.78, 5) is 20.4. The molecule has 6 heteroatoms. The van der Waals surface area contributed by atoms with Gasteiger partial charge in [-0.2, -0.15) is 0 Å². The minimum absolute atomic E-state index is 0.0421. The molecule has 4 rings (SSSR count). The van der Waals surface area contributed by atoms with Crippen LogP contribution in [0.1, 0.15) is 16.2 Å². The third-order valence-electron chi connectivity index (χ3n) is 3.90. The highest BCUT2D eigenvalue weighted by atomic mass is 16.5. The summed E-state index contributed by atoms with van der Waals surface area (Å²) in [5.41, 5.74) is 1.32. The van der Waals surface area contributed by atoms with Gasteiger partial charge in [0.05, 0.1) is 18.0 Å². The summed E-state index contributed by atoms with van der Waals surface area (Å²) in [6, 6.07) is 19.9. The van der Waals surface area contributed by atoms with E-state index in [2.05, 4.69) is 9.97 Å². The first kappa shape index (κ1) is 17.5. The van der Waals surface area contributed by atoms with E-state index < -0.39 is 5.97 Å². The summed E-state index contributed by atoms with van der Waals surface area (Å²) in [5.74, 6) is 1.72. The van der Waals surface area contributed by atoms with E-state index in [1.807, 2.05) is 30.3 Å². The molecule has 138 valence electrons. The van der Waals surface area contributed by atoms with E-state index in [0.717, 1.165) is 5.56 Å². The Morgan fingerprint density at radius 2 is 1.71 bits per heavy atom. The number of oxazole rings is 1. The molecule has 0 saturated heterocycles. The number of esters is 1. The van der Waals surface area contributed by atoms with Crippen LogP contribution in [0.15, 0.2) is 89.7 Å². The molecule has 0 bridgehead atoms. The van der Waals surface area contributed by atoms with Gasteiger partial charge in [-0.05, 0) is 36.4 Å². The highest BCUT2D eigenvalue weighted by Gasteiger charge is 2.11. The van der Waals surface area contributed by atoms with Crippen molar-refractivity contribution < 1.29 is 18.7 Å². The molecule has 0 saturated carbocycles. The summed E-state index contributed by atoms with van der Waals surface area (Å²) < 4.78 is 16.6. The van der Waals surface area contributed by atoms with Gasteiger partial charge in [0, 0.05) is 11.8 Å². The van der Waals surface area contributed by atoms with E-state index in [1.165, 1.54) is 0 Å². The molecular weight excluding hydrogens is 356 g/mol. The van der Waals surface area contributed by atoms with Crippen molar-refractivity contribution in [2.24, 2.45) is 0 Å². The maximum Gasteiger partial charge on any atom is 0.338 e. The molecule has 28 heavy (non-hydrogen) atoms. The van der Waals surface area contributed by atoms with E-state index in [9.17, 15) is 4.79 Å². The fraction of sp³-hybridized carbons (Fsp3) is 0.0455. The summed E-state index contributed by atoms with van der Waals surface area (Å²) in [5, 5.41) is 0. The third-order valence-corrected chi connectivity index (χ3v) is 3.90. The van der Waals surface area contributed by atoms with Crippen LogP contribution in [-0.2, 0) is 11.3 Å². The van der Waals surface area contributed by atoms with Crippen molar-refractivity contribution in [1.29, 1.82) is 0 Å². The second kappa shape index (κ2) is 8.18. The van der Waals surface area contributed by atoms with Gasteiger partial charge in [0.25, 0.3) is 0 Å². The lowest BCUT2D eigenvalue weighted by Crippen LogP contribution is -2.05. The molecule has 0 spiro atoms. The smallest absolute Gasteiger partial charge is 0.338 e. The first-order chi connectivity index (χ1) is 13.8. The van der Waals surface area contributed by atoms with Gasteiger partial charge < -0.3 is 13.9 Å². The number of benzene rings is 2. The predicted octanol–water partition coefficient (Wildman–Crippen LogP) is 4.89. The summed E-state index contributed by atoms with van der Waals surface area (Å²) in [6.45, 7) is -0.0421. The van der Waals surface area contributed by atoms with Crippen molar-refractivity contribution >= 4 is 5.97 Å². The number of ether oxygens (including phenoxy) is 2. The van der Waals surface area contributed by atoms with Crippen molar-refractivity contribution in [2.75, 3.05) is 0 Å². The molecule has 4 aromatic rings. The van der Waals surface area contributed by atoms with Crippen LogP contribution in [0.2, 0.25) is 0 Å². The Morgan fingerprint density at radius 1 is 0.893 bits per heavy atom. The monoisotopic (exact) mass is 372 g/mol. The van der Waals surface area contributed by atoms with Crippen molar-refractivity contribution in [3.8, 4) is 22.8 Å². The van der Waals surface area contributed by atoms with Crippen LogP contribution in [0, 0.1) is 0 Å². The quantitative estimate of drug-likeness (QED) is 0.449. The zero-order valence-electron chi connectivity index (χ0n) is 14.8. The van der Waals surface area contributed by atoms with Crippen LogP contribution < -0.4 is 4.74 Å². The molecule has 0 amide bonds. The predicted molar refractivity (Wildman–Crippen MR) is 102 cm³/mol. The fourth-order valence-corrected chi connectivity index (χ4v) is 2.53. The highest BCUT2D eigenvalue weighted by molar-refractivity contribution is 5.89. The van der Waals surface area contributed by atoms with Gasteiger partial charge in [-0.3, -0.25) is 4.98 Å². The van der Waals surface area contributed by atoms with Gasteiger partial charge >= 0.3 is 5.97 Å². The molecule has 2 heterocycles. The van der Waals surface area contributed by atoms with Gasteiger partial charge in [-0.15, -0.1) is 0 Å². The SMILES string of the molecule is O=C(OCc1ncc(-c2ccccc2)o1)c1ccc(Oc2cccnc2)cc1. The molecular formula is C22H16N2O4. The number of hydrogen-bond acceptors (Lipinski definition) is 6. The van der Waals surface area contributed by atoms with Crippen molar-refractivity contribution in [2.45, 2.75) is 6.61 Å². The normalized spacial score (nSPS) is 10.4. The average Bonchev–Trinajstić information content (AvgIpc) is 3.23. The molecule has 0 atom stereocenters. The summed E-state index contributed by atoms with van der Waals surface area (Å²) in [7, 11) is 0. The van der Waals surface area contributed by atoms with Crippen LogP contribution in [0.3, 0.4) is 0 Å². The van der Waals surface area contributed by atoms with Crippen molar-refractivity contribution in [1.82, 2.24) is 9.97 Å². The number of pyridine rings is 1. The van der Waals surface area contributed by atoms with Crippen LogP contribution in [0.4, 0.5) is 0 Å². The van der Waals surface area contributed by atoms with Crippen LogP contribution >= 0.6 is 0 Å². The standard InChI is InChI=1S/C22H16N2O4/c25-22(17-8-10-18(11-9-17)27-19-7-4-12-23-13-19)26-15-21-24-14-20(28-21)16-5-2-1-3-6-16/h1-14H,15H2. The van der Waals surface area contributed by atoms with Gasteiger partial charge in [-0.25, -0.2) is 9.78 Å². The molecule has 0 N–H and O–H groups in total. The van der Waals surface area contributed by atoms with Gasteiger partial charge in [0.1, 0.15) is 11.5 Å². The Bertz CT molecular complexity index is 1040. The topological polar surface area (TPSA) is 74.5 Å². The number of nitrogens with zero attached hydrogens (tertiary/aromatic N) is 2. The first-order valence-corrected chi connectivity index (χ1v) is 8.63. The van der Waals surface area contributed by atoms with E-state index in [4.69, 9.17) is 13.9 Å². The number of aromatic nitrogens is 2. The van der Waals surface area contributed by atoms with Gasteiger partial charge in [0.15, 0.2) is 12.4 Å². The fourth-order valence-electron chi connectivity index (χ4n) is 2.53. The van der Waals surface area contributed by atoms with E-state index in [-0.39, 0.29) is 6.61 Å². The second-order valence-electron chi connectivity index (χ2n) is 5.88. The Morgan fingerprint density at radius 3 is 2.46 bits per heavy atom. The minimum atomic E-state index is -0.465. The molecule has 0 aliphatic carbocycles. The molecule has 6 nitrogen and oxygen atoms in total. The van der Waals surface area contributed by atoms with Gasteiger partial charge in [0.2, 0.25) is 5.89 Å². The van der Waals surface area contributed by atoms with Crippen molar-refractivity contribution in [3.63, 3.8) is 0 Å². The maximum absolute atomic E-state index is 12.2. The zero-order valence-corrected chi connectivity index (χ0v) is 14.8. The Balaban J connectivity index is 1.34. The Labute approximate surface area is 161 Å². The van der Waals surface area contributed by atoms with Crippen LogP contribution in [-0.4, -0.2) is 15.9 Å².